The molecule has 1 atom stereocenters. The van der Waals surface area contributed by atoms with Gasteiger partial charge >= 0.3 is 11.9 Å². The Kier molecular flexibility index (Phi) is 5.71. The van der Waals surface area contributed by atoms with E-state index >= 15 is 0 Å². The summed E-state index contributed by atoms with van der Waals surface area (Å²) in [6, 6.07) is 6.15. The van der Waals surface area contributed by atoms with E-state index in [1.54, 1.807) is 12.1 Å². The van der Waals surface area contributed by atoms with Gasteiger partial charge in [0.15, 0.2) is 15.1 Å². The minimum Gasteiger partial charge on any atom is -0.494 e. The summed E-state index contributed by atoms with van der Waals surface area (Å²) in [5.74, 6) is -3.11. The van der Waals surface area contributed by atoms with E-state index in [-0.39, 0.29) is 0 Å². The molecule has 1 aromatic rings. The quantitative estimate of drug-likeness (QED) is 0.732. The van der Waals surface area contributed by atoms with E-state index in [1.807, 2.05) is 6.92 Å². The minimum absolute atomic E-state index is 0.370. The first-order valence-electron chi connectivity index (χ1n) is 6.14. The van der Waals surface area contributed by atoms with Gasteiger partial charge < -0.3 is 14.9 Å². The van der Waals surface area contributed by atoms with Crippen LogP contribution in [0.25, 0.3) is 0 Å². The number of hydrogen-bond donors (Lipinski definition) is 2. The fraction of sp³-hybridized carbons (Fsp3) is 0.385. The van der Waals surface area contributed by atoms with Crippen molar-refractivity contribution in [1.29, 1.82) is 0 Å². The van der Waals surface area contributed by atoms with Gasteiger partial charge in [0.1, 0.15) is 5.75 Å². The van der Waals surface area contributed by atoms with Gasteiger partial charge in [0, 0.05) is 0 Å². The van der Waals surface area contributed by atoms with Crippen molar-refractivity contribution in [2.24, 2.45) is 0 Å². The van der Waals surface area contributed by atoms with E-state index in [0.29, 0.717) is 17.9 Å². The minimum atomic E-state index is -4.12. The summed E-state index contributed by atoms with van der Waals surface area (Å²) in [5.41, 5.74) is 0.370. The monoisotopic (exact) mass is 316 g/mol. The van der Waals surface area contributed by atoms with Crippen molar-refractivity contribution in [3.05, 3.63) is 29.8 Å². The number of carbonyl (C=O) groups is 2. The Morgan fingerprint density at radius 1 is 1.19 bits per heavy atom. The Morgan fingerprint density at radius 3 is 2.19 bits per heavy atom. The molecule has 0 saturated carbocycles. The molecule has 0 aromatic heterocycles. The molecule has 0 heterocycles. The molecule has 0 aliphatic heterocycles. The first-order valence-corrected chi connectivity index (χ1v) is 7.85. The molecule has 0 bridgehead atoms. The number of rotatable bonds is 8. The maximum absolute atomic E-state index is 12.0. The second kappa shape index (κ2) is 7.07. The highest BCUT2D eigenvalue weighted by Crippen LogP contribution is 2.18. The largest absolute Gasteiger partial charge is 0.494 e. The van der Waals surface area contributed by atoms with E-state index in [1.165, 1.54) is 12.1 Å². The fourth-order valence-electron chi connectivity index (χ4n) is 1.71. The molecular weight excluding hydrogens is 300 g/mol. The molecule has 0 saturated heterocycles. The molecule has 116 valence electrons. The number of ether oxygens (including phenoxy) is 1. The van der Waals surface area contributed by atoms with E-state index in [4.69, 9.17) is 14.9 Å². The smallest absolute Gasteiger partial charge is 0.322 e. The van der Waals surface area contributed by atoms with E-state index in [2.05, 4.69) is 0 Å². The van der Waals surface area contributed by atoms with Crippen molar-refractivity contribution >= 4 is 21.8 Å². The van der Waals surface area contributed by atoms with Gasteiger partial charge in [-0.25, -0.2) is 8.42 Å². The van der Waals surface area contributed by atoms with Crippen LogP contribution in [-0.2, 0) is 25.2 Å². The molecule has 21 heavy (non-hydrogen) atoms. The topological polar surface area (TPSA) is 118 Å². The van der Waals surface area contributed by atoms with Crippen LogP contribution < -0.4 is 4.74 Å². The average Bonchev–Trinajstić information content (AvgIpc) is 2.37. The summed E-state index contributed by atoms with van der Waals surface area (Å²) < 4.78 is 29.2. The van der Waals surface area contributed by atoms with Gasteiger partial charge in [-0.15, -0.1) is 0 Å². The zero-order chi connectivity index (χ0) is 16.0. The molecule has 0 radical (unpaired) electrons. The van der Waals surface area contributed by atoms with Crippen LogP contribution in [0.4, 0.5) is 0 Å². The predicted octanol–water partition coefficient (Wildman–Crippen LogP) is 0.928. The Morgan fingerprint density at radius 2 is 1.76 bits per heavy atom. The number of aliphatic carboxylic acids is 2. The molecule has 7 nitrogen and oxygen atoms in total. The lowest BCUT2D eigenvalue weighted by atomic mass is 10.2. The van der Waals surface area contributed by atoms with Gasteiger partial charge in [0.05, 0.1) is 18.8 Å². The highest BCUT2D eigenvalue weighted by atomic mass is 32.2. The van der Waals surface area contributed by atoms with Crippen molar-refractivity contribution in [3.8, 4) is 5.75 Å². The molecule has 0 aliphatic carbocycles. The molecular formula is C13H16O7S. The van der Waals surface area contributed by atoms with Crippen molar-refractivity contribution in [2.75, 3.05) is 6.61 Å². The molecule has 2 N–H and O–H groups in total. The molecule has 0 amide bonds. The third-order valence-corrected chi connectivity index (χ3v) is 4.64. The lowest BCUT2D eigenvalue weighted by Gasteiger charge is -2.12. The zero-order valence-corrected chi connectivity index (χ0v) is 12.2. The molecule has 0 aliphatic rings. The summed E-state index contributed by atoms with van der Waals surface area (Å²) in [5, 5.41) is 15.5. The number of carboxylic acid groups (broad SMARTS) is 2. The molecule has 0 fully saturated rings. The Balaban J connectivity index is 2.91. The third-order valence-electron chi connectivity index (χ3n) is 2.67. The van der Waals surface area contributed by atoms with Crippen molar-refractivity contribution in [2.45, 2.75) is 24.3 Å². The number of benzene rings is 1. The average molecular weight is 316 g/mol. The lowest BCUT2D eigenvalue weighted by Crippen LogP contribution is -2.33. The van der Waals surface area contributed by atoms with Gasteiger partial charge in [-0.2, -0.15) is 0 Å². The summed E-state index contributed by atoms with van der Waals surface area (Å²) >= 11 is 0. The van der Waals surface area contributed by atoms with Crippen LogP contribution in [0.2, 0.25) is 0 Å². The zero-order valence-electron chi connectivity index (χ0n) is 11.4. The van der Waals surface area contributed by atoms with Crippen molar-refractivity contribution < 1.29 is 33.0 Å². The number of sulfone groups is 1. The van der Waals surface area contributed by atoms with Gasteiger partial charge in [0.25, 0.3) is 0 Å². The second-order valence-corrected chi connectivity index (χ2v) is 6.49. The highest BCUT2D eigenvalue weighted by molar-refractivity contribution is 7.92. The SMILES string of the molecule is CCOc1ccc(CS(=O)(=O)[C@@H](CC(=O)O)C(=O)O)cc1. The molecule has 1 aromatic carbocycles. The fourth-order valence-corrected chi connectivity index (χ4v) is 3.27. The second-order valence-electron chi connectivity index (χ2n) is 4.31. The van der Waals surface area contributed by atoms with Crippen LogP contribution in [0.1, 0.15) is 18.9 Å². The maximum Gasteiger partial charge on any atom is 0.322 e. The van der Waals surface area contributed by atoms with Crippen LogP contribution in [0.15, 0.2) is 24.3 Å². The summed E-state index contributed by atoms with van der Waals surface area (Å²) in [6.07, 6.45) is -0.964. The summed E-state index contributed by atoms with van der Waals surface area (Å²) in [6.45, 7) is 2.28. The van der Waals surface area contributed by atoms with Gasteiger partial charge in [0.2, 0.25) is 0 Å². The van der Waals surface area contributed by atoms with Crippen LogP contribution in [0.5, 0.6) is 5.75 Å². The molecule has 0 spiro atoms. The van der Waals surface area contributed by atoms with Crippen molar-refractivity contribution in [1.82, 2.24) is 0 Å². The van der Waals surface area contributed by atoms with Crippen LogP contribution in [-0.4, -0.2) is 42.4 Å². The standard InChI is InChI=1S/C13H16O7S/c1-2-20-10-5-3-9(4-6-10)8-21(18,19)11(13(16)17)7-12(14)15/h3-6,11H,2,7-8H2,1H3,(H,14,15)(H,16,17)/t11-/m0/s1. The van der Waals surface area contributed by atoms with E-state index in [0.717, 1.165) is 0 Å². The van der Waals surface area contributed by atoms with Gasteiger partial charge in [-0.3, -0.25) is 9.59 Å². The van der Waals surface area contributed by atoms with Crippen molar-refractivity contribution in [3.63, 3.8) is 0 Å². The Hall–Kier alpha value is -2.09. The van der Waals surface area contributed by atoms with Gasteiger partial charge in [-0.05, 0) is 24.6 Å². The van der Waals surface area contributed by atoms with E-state index < -0.39 is 39.2 Å². The molecule has 8 heteroatoms. The van der Waals surface area contributed by atoms with Crippen LogP contribution >= 0.6 is 0 Å². The van der Waals surface area contributed by atoms with Gasteiger partial charge in [-0.1, -0.05) is 12.1 Å². The normalized spacial score (nSPS) is 12.6. The maximum atomic E-state index is 12.0. The number of carboxylic acids is 2. The summed E-state index contributed by atoms with van der Waals surface area (Å²) in [4.78, 5) is 21.5. The third kappa shape index (κ3) is 5.07. The first kappa shape index (κ1) is 17.0. The Bertz CT molecular complexity index is 604. The van der Waals surface area contributed by atoms with E-state index in [9.17, 15) is 18.0 Å². The van der Waals surface area contributed by atoms with Crippen LogP contribution in [0.3, 0.4) is 0 Å². The summed E-state index contributed by atoms with van der Waals surface area (Å²) in [7, 11) is -4.12. The number of hydrogen-bond acceptors (Lipinski definition) is 5. The highest BCUT2D eigenvalue weighted by Gasteiger charge is 2.34. The predicted molar refractivity (Wildman–Crippen MR) is 73.9 cm³/mol. The molecule has 1 rings (SSSR count). The van der Waals surface area contributed by atoms with Crippen LogP contribution in [0, 0.1) is 0 Å². The lowest BCUT2D eigenvalue weighted by molar-refractivity contribution is -0.143. The Labute approximate surface area is 122 Å². The molecule has 0 unspecified atom stereocenters. The first-order chi connectivity index (χ1) is 9.76.